The van der Waals surface area contributed by atoms with Crippen molar-refractivity contribution in [2.75, 3.05) is 11.9 Å². The SMILES string of the molecule is CN(c1ccccc1C#N)C1C=CCCC1. The number of nitriles is 1. The average molecular weight is 212 g/mol. The minimum Gasteiger partial charge on any atom is -0.367 e. The standard InChI is InChI=1S/C14H16N2/c1-16(13-8-3-2-4-9-13)14-10-6-5-7-12(14)11-15/h3,5-8,10,13H,2,4,9H2,1H3. The van der Waals surface area contributed by atoms with Gasteiger partial charge in [-0.15, -0.1) is 0 Å². The molecule has 1 atom stereocenters. The molecule has 1 aromatic rings. The Bertz CT molecular complexity index is 429. The van der Waals surface area contributed by atoms with Crippen LogP contribution in [0.15, 0.2) is 36.4 Å². The van der Waals surface area contributed by atoms with Gasteiger partial charge < -0.3 is 4.90 Å². The van der Waals surface area contributed by atoms with Crippen LogP contribution in [0.3, 0.4) is 0 Å². The van der Waals surface area contributed by atoms with Gasteiger partial charge in [0, 0.05) is 13.1 Å². The van der Waals surface area contributed by atoms with Crippen molar-refractivity contribution in [3.05, 3.63) is 42.0 Å². The van der Waals surface area contributed by atoms with Crippen molar-refractivity contribution in [2.24, 2.45) is 0 Å². The third-order valence-electron chi connectivity index (χ3n) is 3.13. The molecule has 0 amide bonds. The number of benzene rings is 1. The normalized spacial score (nSPS) is 19.1. The summed E-state index contributed by atoms with van der Waals surface area (Å²) in [6.45, 7) is 0. The molecule has 16 heavy (non-hydrogen) atoms. The maximum atomic E-state index is 9.07. The number of likely N-dealkylation sites (N-methyl/N-ethyl adjacent to an activating group) is 1. The van der Waals surface area contributed by atoms with Crippen LogP contribution < -0.4 is 4.90 Å². The van der Waals surface area contributed by atoms with Crippen LogP contribution >= 0.6 is 0 Å². The number of hydrogen-bond acceptors (Lipinski definition) is 2. The second-order valence-corrected chi connectivity index (χ2v) is 4.17. The fourth-order valence-corrected chi connectivity index (χ4v) is 2.17. The van der Waals surface area contributed by atoms with Crippen molar-refractivity contribution < 1.29 is 0 Å². The predicted molar refractivity (Wildman–Crippen MR) is 66.3 cm³/mol. The molecule has 2 nitrogen and oxygen atoms in total. The van der Waals surface area contributed by atoms with Crippen LogP contribution in [-0.4, -0.2) is 13.1 Å². The van der Waals surface area contributed by atoms with E-state index in [1.165, 1.54) is 19.3 Å². The van der Waals surface area contributed by atoms with E-state index in [0.717, 1.165) is 11.3 Å². The summed E-state index contributed by atoms with van der Waals surface area (Å²) in [6, 6.07) is 10.5. The third kappa shape index (κ3) is 2.09. The Hall–Kier alpha value is -1.75. The minimum atomic E-state index is 0.434. The van der Waals surface area contributed by atoms with Gasteiger partial charge in [-0.25, -0.2) is 0 Å². The Morgan fingerprint density at radius 2 is 2.19 bits per heavy atom. The minimum absolute atomic E-state index is 0.434. The third-order valence-corrected chi connectivity index (χ3v) is 3.13. The Morgan fingerprint density at radius 1 is 1.38 bits per heavy atom. The molecule has 1 aliphatic carbocycles. The molecule has 0 bridgehead atoms. The topological polar surface area (TPSA) is 27.0 Å². The molecule has 0 heterocycles. The second-order valence-electron chi connectivity index (χ2n) is 4.17. The molecule has 2 rings (SSSR count). The molecular formula is C14H16N2. The molecule has 82 valence electrons. The van der Waals surface area contributed by atoms with Crippen LogP contribution in [-0.2, 0) is 0 Å². The molecule has 1 aromatic carbocycles. The summed E-state index contributed by atoms with van der Waals surface area (Å²) in [4.78, 5) is 2.20. The van der Waals surface area contributed by atoms with Crippen molar-refractivity contribution in [3.8, 4) is 6.07 Å². The van der Waals surface area contributed by atoms with E-state index in [-0.39, 0.29) is 0 Å². The van der Waals surface area contributed by atoms with E-state index in [0.29, 0.717) is 6.04 Å². The first-order chi connectivity index (χ1) is 7.83. The highest BCUT2D eigenvalue weighted by Gasteiger charge is 2.16. The van der Waals surface area contributed by atoms with Crippen LogP contribution in [0, 0.1) is 11.3 Å². The molecule has 0 fully saturated rings. The Balaban J connectivity index is 2.26. The molecule has 1 unspecified atom stereocenters. The number of anilines is 1. The van der Waals surface area contributed by atoms with Gasteiger partial charge >= 0.3 is 0 Å². The molecular weight excluding hydrogens is 196 g/mol. The van der Waals surface area contributed by atoms with Gasteiger partial charge in [0.25, 0.3) is 0 Å². The van der Waals surface area contributed by atoms with Gasteiger partial charge in [0.05, 0.1) is 11.3 Å². The van der Waals surface area contributed by atoms with Crippen LogP contribution in [0.2, 0.25) is 0 Å². The van der Waals surface area contributed by atoms with E-state index in [1.807, 2.05) is 24.3 Å². The van der Waals surface area contributed by atoms with Gasteiger partial charge in [-0.05, 0) is 31.4 Å². The van der Waals surface area contributed by atoms with Crippen LogP contribution in [0.4, 0.5) is 5.69 Å². The fraction of sp³-hybridized carbons (Fsp3) is 0.357. The van der Waals surface area contributed by atoms with Gasteiger partial charge in [-0.2, -0.15) is 5.26 Å². The van der Waals surface area contributed by atoms with Crippen molar-refractivity contribution in [1.29, 1.82) is 5.26 Å². The smallest absolute Gasteiger partial charge is 0.101 e. The monoisotopic (exact) mass is 212 g/mol. The molecule has 1 aliphatic rings. The Morgan fingerprint density at radius 3 is 2.88 bits per heavy atom. The summed E-state index contributed by atoms with van der Waals surface area (Å²) in [5.74, 6) is 0. The maximum absolute atomic E-state index is 9.07. The quantitative estimate of drug-likeness (QED) is 0.704. The van der Waals surface area contributed by atoms with Crippen LogP contribution in [0.5, 0.6) is 0 Å². The first kappa shape index (κ1) is 10.8. The molecule has 0 spiro atoms. The first-order valence-electron chi connectivity index (χ1n) is 5.71. The fourth-order valence-electron chi connectivity index (χ4n) is 2.17. The van der Waals surface area contributed by atoms with Crippen molar-refractivity contribution in [2.45, 2.75) is 25.3 Å². The molecule has 0 aliphatic heterocycles. The lowest BCUT2D eigenvalue weighted by Crippen LogP contribution is -2.31. The summed E-state index contributed by atoms with van der Waals surface area (Å²) in [6.07, 6.45) is 8.08. The maximum Gasteiger partial charge on any atom is 0.101 e. The Kier molecular flexibility index (Phi) is 3.26. The molecule has 0 radical (unpaired) electrons. The number of nitrogens with zero attached hydrogens (tertiary/aromatic N) is 2. The molecule has 0 N–H and O–H groups in total. The van der Waals surface area contributed by atoms with Crippen molar-refractivity contribution in [1.82, 2.24) is 0 Å². The van der Waals surface area contributed by atoms with E-state index in [2.05, 4.69) is 30.2 Å². The van der Waals surface area contributed by atoms with Crippen LogP contribution in [0.25, 0.3) is 0 Å². The summed E-state index contributed by atoms with van der Waals surface area (Å²) >= 11 is 0. The van der Waals surface area contributed by atoms with Gasteiger partial charge in [0.1, 0.15) is 6.07 Å². The number of hydrogen-bond donors (Lipinski definition) is 0. The summed E-state index contributed by atoms with van der Waals surface area (Å²) in [5, 5.41) is 9.07. The van der Waals surface area contributed by atoms with Gasteiger partial charge in [0.15, 0.2) is 0 Å². The zero-order valence-electron chi connectivity index (χ0n) is 9.56. The van der Waals surface area contributed by atoms with Crippen molar-refractivity contribution in [3.63, 3.8) is 0 Å². The highest BCUT2D eigenvalue weighted by molar-refractivity contribution is 5.59. The highest BCUT2D eigenvalue weighted by atomic mass is 15.1. The number of rotatable bonds is 2. The van der Waals surface area contributed by atoms with Crippen molar-refractivity contribution >= 4 is 5.69 Å². The first-order valence-corrected chi connectivity index (χ1v) is 5.71. The highest BCUT2D eigenvalue weighted by Crippen LogP contribution is 2.24. The number of allylic oxidation sites excluding steroid dienone is 1. The summed E-state index contributed by atoms with van der Waals surface area (Å²) < 4.78 is 0. The predicted octanol–water partition coefficient (Wildman–Crippen LogP) is 3.10. The zero-order chi connectivity index (χ0) is 11.4. The van der Waals surface area contributed by atoms with E-state index in [9.17, 15) is 0 Å². The van der Waals surface area contributed by atoms with Gasteiger partial charge in [-0.1, -0.05) is 24.3 Å². The summed E-state index contributed by atoms with van der Waals surface area (Å²) in [5.41, 5.74) is 1.78. The van der Waals surface area contributed by atoms with Crippen LogP contribution in [0.1, 0.15) is 24.8 Å². The number of para-hydroxylation sites is 1. The summed E-state index contributed by atoms with van der Waals surface area (Å²) in [7, 11) is 2.07. The van der Waals surface area contributed by atoms with Gasteiger partial charge in [0.2, 0.25) is 0 Å². The van der Waals surface area contributed by atoms with E-state index in [1.54, 1.807) is 0 Å². The molecule has 0 aromatic heterocycles. The van der Waals surface area contributed by atoms with Gasteiger partial charge in [-0.3, -0.25) is 0 Å². The van der Waals surface area contributed by atoms with E-state index < -0.39 is 0 Å². The Labute approximate surface area is 96.8 Å². The van der Waals surface area contributed by atoms with E-state index in [4.69, 9.17) is 5.26 Å². The average Bonchev–Trinajstić information content (AvgIpc) is 2.39. The lowest BCUT2D eigenvalue weighted by molar-refractivity contribution is 0.616. The largest absolute Gasteiger partial charge is 0.367 e. The zero-order valence-corrected chi connectivity index (χ0v) is 9.56. The van der Waals surface area contributed by atoms with E-state index >= 15 is 0 Å². The second kappa shape index (κ2) is 4.85. The lowest BCUT2D eigenvalue weighted by atomic mass is 10.0. The molecule has 0 saturated carbocycles. The lowest BCUT2D eigenvalue weighted by Gasteiger charge is -2.30. The molecule has 0 saturated heterocycles. The molecule has 2 heteroatoms.